The van der Waals surface area contributed by atoms with E-state index in [-0.39, 0.29) is 24.7 Å². The number of carbonyl (C=O) groups is 4. The van der Waals surface area contributed by atoms with Gasteiger partial charge in [0.25, 0.3) is 5.91 Å². The van der Waals surface area contributed by atoms with Crippen molar-refractivity contribution >= 4 is 42.1 Å². The maximum absolute atomic E-state index is 13.0. The number of urea groups is 1. The molecule has 1 fully saturated rings. The number of carboxylic acid groups (broad SMARTS) is 1. The Labute approximate surface area is 196 Å². The largest absolute Gasteiger partial charge is 0.481 e. The Morgan fingerprint density at radius 3 is 2.30 bits per heavy atom. The number of amidine groups is 1. The number of nitrogen functional groups attached to an aromatic ring is 1. The maximum Gasteiger partial charge on any atom is 0.325 e. The molecule has 2 aromatic carbocycles. The zero-order chi connectivity index (χ0) is 23.5. The fourth-order valence-corrected chi connectivity index (χ4v) is 3.52. The van der Waals surface area contributed by atoms with Gasteiger partial charge in [-0.2, -0.15) is 0 Å². The lowest BCUT2D eigenvalue weighted by Crippen LogP contribution is -2.44. The first-order valence-electron chi connectivity index (χ1n) is 9.77. The number of halogens is 1. The lowest BCUT2D eigenvalue weighted by atomic mass is 9.91. The summed E-state index contributed by atoms with van der Waals surface area (Å²) in [5, 5.41) is 21.8. The van der Waals surface area contributed by atoms with Gasteiger partial charge >= 0.3 is 12.0 Å². The molecule has 0 aliphatic carbocycles. The predicted molar refractivity (Wildman–Crippen MR) is 122 cm³/mol. The first-order valence-corrected chi connectivity index (χ1v) is 9.77. The van der Waals surface area contributed by atoms with Crippen molar-refractivity contribution in [1.29, 1.82) is 5.41 Å². The monoisotopic (exact) mass is 473 g/mol. The highest BCUT2D eigenvalue weighted by molar-refractivity contribution is 6.09. The molecule has 0 radical (unpaired) electrons. The summed E-state index contributed by atoms with van der Waals surface area (Å²) in [5.41, 5.74) is 5.58. The third-order valence-electron chi connectivity index (χ3n) is 5.27. The van der Waals surface area contributed by atoms with E-state index >= 15 is 0 Å². The number of imide groups is 1. The van der Waals surface area contributed by atoms with Crippen LogP contribution in [0.5, 0.6) is 0 Å². The van der Waals surface area contributed by atoms with E-state index in [1.165, 1.54) is 6.92 Å². The van der Waals surface area contributed by atoms with E-state index in [9.17, 15) is 24.3 Å². The first kappa shape index (κ1) is 25.3. The first-order chi connectivity index (χ1) is 15.1. The van der Waals surface area contributed by atoms with E-state index in [0.29, 0.717) is 16.7 Å². The molecule has 2 unspecified atom stereocenters. The molecule has 1 aliphatic heterocycles. The van der Waals surface area contributed by atoms with Gasteiger partial charge in [0.15, 0.2) is 0 Å². The normalized spacial score (nSPS) is 18.2. The van der Waals surface area contributed by atoms with Crippen molar-refractivity contribution in [2.75, 3.05) is 6.54 Å². The van der Waals surface area contributed by atoms with Gasteiger partial charge in [0.2, 0.25) is 5.91 Å². The Hall–Kier alpha value is -3.92. The van der Waals surface area contributed by atoms with Crippen LogP contribution in [0.3, 0.4) is 0 Å². The van der Waals surface area contributed by atoms with Gasteiger partial charge in [-0.1, -0.05) is 54.6 Å². The van der Waals surface area contributed by atoms with Gasteiger partial charge in [0.05, 0.1) is 12.5 Å². The number of carbonyl (C=O) groups excluding carboxylic acids is 3. The van der Waals surface area contributed by atoms with Crippen LogP contribution in [0, 0.1) is 5.41 Å². The summed E-state index contributed by atoms with van der Waals surface area (Å²) in [6.07, 6.45) is -0.351. The minimum Gasteiger partial charge on any atom is -0.481 e. The highest BCUT2D eigenvalue weighted by Crippen LogP contribution is 2.29. The molecule has 6 N–H and O–H groups in total. The minimum atomic E-state index is -1.40. The number of nitrogens with two attached hydrogens (primary N) is 1. The number of amides is 4. The molecular formula is C22H24ClN5O5. The SMILES string of the molecule is CC1(c2ccc(C(=N)N)cc2)NC(=O)N(CC(=O)NC(CC(=O)O)c2ccccc2)C1=O.Cl. The molecule has 0 aromatic heterocycles. The maximum atomic E-state index is 13.0. The predicted octanol–water partition coefficient (Wildman–Crippen LogP) is 1.49. The lowest BCUT2D eigenvalue weighted by Gasteiger charge is -2.23. The molecule has 0 spiro atoms. The Morgan fingerprint density at radius 2 is 1.76 bits per heavy atom. The Balaban J connectivity index is 0.00000385. The third-order valence-corrected chi connectivity index (χ3v) is 5.27. The van der Waals surface area contributed by atoms with Gasteiger partial charge in [-0.25, -0.2) is 4.79 Å². The molecule has 11 heteroatoms. The molecule has 1 aliphatic rings. The van der Waals surface area contributed by atoms with Gasteiger partial charge in [0, 0.05) is 5.56 Å². The van der Waals surface area contributed by atoms with Crippen LogP contribution in [0.4, 0.5) is 4.79 Å². The van der Waals surface area contributed by atoms with Crippen molar-refractivity contribution in [2.24, 2.45) is 5.73 Å². The van der Waals surface area contributed by atoms with E-state index in [1.54, 1.807) is 54.6 Å². The second-order valence-corrected chi connectivity index (χ2v) is 7.57. The van der Waals surface area contributed by atoms with Crippen molar-refractivity contribution in [2.45, 2.75) is 24.9 Å². The number of carboxylic acids is 1. The summed E-state index contributed by atoms with van der Waals surface area (Å²) in [6, 6.07) is 13.3. The van der Waals surface area contributed by atoms with Crippen LogP contribution in [0.1, 0.15) is 36.1 Å². The van der Waals surface area contributed by atoms with E-state index in [2.05, 4.69) is 10.6 Å². The summed E-state index contributed by atoms with van der Waals surface area (Å²) in [6.45, 7) is 0.958. The summed E-state index contributed by atoms with van der Waals surface area (Å²) in [4.78, 5) is 50.1. The molecule has 1 saturated heterocycles. The van der Waals surface area contributed by atoms with E-state index in [0.717, 1.165) is 4.90 Å². The summed E-state index contributed by atoms with van der Waals surface area (Å²) in [5.74, 6) is -2.52. The van der Waals surface area contributed by atoms with Crippen molar-refractivity contribution in [1.82, 2.24) is 15.5 Å². The highest BCUT2D eigenvalue weighted by Gasteiger charge is 2.49. The molecule has 10 nitrogen and oxygen atoms in total. The van der Waals surface area contributed by atoms with E-state index < -0.39 is 41.9 Å². The molecular weight excluding hydrogens is 450 g/mol. The van der Waals surface area contributed by atoms with Gasteiger partial charge in [0.1, 0.15) is 17.9 Å². The van der Waals surface area contributed by atoms with Crippen molar-refractivity contribution in [3.63, 3.8) is 0 Å². The average molecular weight is 474 g/mol. The number of hydrogen-bond acceptors (Lipinski definition) is 5. The second-order valence-electron chi connectivity index (χ2n) is 7.57. The van der Waals surface area contributed by atoms with Gasteiger partial charge < -0.3 is 21.5 Å². The van der Waals surface area contributed by atoms with Crippen molar-refractivity contribution in [3.8, 4) is 0 Å². The molecule has 4 amide bonds. The van der Waals surface area contributed by atoms with Crippen LogP contribution >= 0.6 is 12.4 Å². The van der Waals surface area contributed by atoms with E-state index in [1.807, 2.05) is 0 Å². The van der Waals surface area contributed by atoms with Crippen LogP contribution in [0.15, 0.2) is 54.6 Å². The fourth-order valence-electron chi connectivity index (χ4n) is 3.52. The van der Waals surface area contributed by atoms with E-state index in [4.69, 9.17) is 11.1 Å². The quantitative estimate of drug-likeness (QED) is 0.221. The Kier molecular flexibility index (Phi) is 7.78. The lowest BCUT2D eigenvalue weighted by molar-refractivity contribution is -0.138. The zero-order valence-corrected chi connectivity index (χ0v) is 18.5. The number of benzene rings is 2. The molecule has 174 valence electrons. The van der Waals surface area contributed by atoms with Crippen LogP contribution in [-0.4, -0.2) is 46.2 Å². The number of rotatable bonds is 8. The molecule has 0 bridgehead atoms. The van der Waals surface area contributed by atoms with Crippen LogP contribution in [0.25, 0.3) is 0 Å². The highest BCUT2D eigenvalue weighted by atomic mass is 35.5. The summed E-state index contributed by atoms with van der Waals surface area (Å²) in [7, 11) is 0. The van der Waals surface area contributed by atoms with Crippen molar-refractivity contribution in [3.05, 3.63) is 71.3 Å². The Morgan fingerprint density at radius 1 is 1.15 bits per heavy atom. The average Bonchev–Trinajstić information content (AvgIpc) is 2.97. The third kappa shape index (κ3) is 5.47. The topological polar surface area (TPSA) is 166 Å². The van der Waals surface area contributed by atoms with Crippen LogP contribution in [0.2, 0.25) is 0 Å². The number of hydrogen-bond donors (Lipinski definition) is 5. The molecule has 0 saturated carbocycles. The van der Waals surface area contributed by atoms with Crippen molar-refractivity contribution < 1.29 is 24.3 Å². The number of aliphatic carboxylic acids is 1. The molecule has 1 heterocycles. The van der Waals surface area contributed by atoms with Gasteiger partial charge in [-0.15, -0.1) is 12.4 Å². The zero-order valence-electron chi connectivity index (χ0n) is 17.7. The smallest absolute Gasteiger partial charge is 0.325 e. The number of nitrogens with zero attached hydrogens (tertiary/aromatic N) is 1. The minimum absolute atomic E-state index is 0. The molecule has 3 rings (SSSR count). The molecule has 2 atom stereocenters. The summed E-state index contributed by atoms with van der Waals surface area (Å²) >= 11 is 0. The summed E-state index contributed by atoms with van der Waals surface area (Å²) < 4.78 is 0. The molecule has 2 aromatic rings. The standard InChI is InChI=1S/C22H23N5O5.ClH/c1-22(15-9-7-14(8-10-15)19(23)24)20(31)27(21(32)26-22)12-17(28)25-16(11-18(29)30)13-5-3-2-4-6-13;/h2-10,16H,11-12H2,1H3,(H3,23,24)(H,25,28)(H,26,32)(H,29,30);1H. The molecule has 33 heavy (non-hydrogen) atoms. The fraction of sp³-hybridized carbons (Fsp3) is 0.227. The second kappa shape index (κ2) is 10.1. The van der Waals surface area contributed by atoms with Crippen LogP contribution in [-0.2, 0) is 19.9 Å². The Bertz CT molecular complexity index is 1080. The van der Waals surface area contributed by atoms with Gasteiger partial charge in [-0.05, 0) is 18.1 Å². The van der Waals surface area contributed by atoms with Crippen LogP contribution < -0.4 is 16.4 Å². The van der Waals surface area contributed by atoms with Gasteiger partial charge in [-0.3, -0.25) is 24.7 Å². The number of nitrogens with one attached hydrogen (secondary N) is 3.